The monoisotopic (exact) mass is 318 g/mol. The second-order valence-electron chi connectivity index (χ2n) is 6.06. The Labute approximate surface area is 132 Å². The summed E-state index contributed by atoms with van der Waals surface area (Å²) in [5.74, 6) is 0. The summed E-state index contributed by atoms with van der Waals surface area (Å²) in [7, 11) is -1.48. The Morgan fingerprint density at radius 3 is 2.55 bits per heavy atom. The third-order valence-electron chi connectivity index (χ3n) is 4.61. The molecule has 0 amide bonds. The van der Waals surface area contributed by atoms with E-state index in [2.05, 4.69) is 0 Å². The Hall–Kier alpha value is -1.59. The predicted molar refractivity (Wildman–Crippen MR) is 87.2 cm³/mol. The van der Waals surface area contributed by atoms with Crippen molar-refractivity contribution < 1.29 is 8.42 Å². The summed E-state index contributed by atoms with van der Waals surface area (Å²) >= 11 is 0. The topological polar surface area (TPSA) is 42.3 Å². The number of nitrogens with zero attached hydrogens (tertiary/aromatic N) is 2. The van der Waals surface area contributed by atoms with E-state index < -0.39 is 10.0 Å². The van der Waals surface area contributed by atoms with E-state index in [1.165, 1.54) is 0 Å². The van der Waals surface area contributed by atoms with Gasteiger partial charge in [0.1, 0.15) is 0 Å². The van der Waals surface area contributed by atoms with Gasteiger partial charge in [-0.15, -0.1) is 0 Å². The lowest BCUT2D eigenvalue weighted by atomic mass is 10.1. The second-order valence-corrected chi connectivity index (χ2v) is 7.95. The van der Waals surface area contributed by atoms with Crippen LogP contribution in [0, 0.1) is 13.8 Å². The van der Waals surface area contributed by atoms with Crippen molar-refractivity contribution in [2.24, 2.45) is 7.05 Å². The maximum Gasteiger partial charge on any atom is 0.243 e. The van der Waals surface area contributed by atoms with E-state index in [9.17, 15) is 8.42 Å². The lowest BCUT2D eigenvalue weighted by molar-refractivity contribution is 0.384. The van der Waals surface area contributed by atoms with Crippen molar-refractivity contribution in [2.75, 3.05) is 6.54 Å². The van der Waals surface area contributed by atoms with Crippen molar-refractivity contribution in [1.29, 1.82) is 0 Å². The molecule has 22 heavy (non-hydrogen) atoms. The number of rotatable bonds is 3. The maximum absolute atomic E-state index is 13.0. The van der Waals surface area contributed by atoms with E-state index in [1.807, 2.05) is 49.9 Å². The molecule has 0 saturated carbocycles. The van der Waals surface area contributed by atoms with Crippen LogP contribution < -0.4 is 0 Å². The number of benzene rings is 1. The average molecular weight is 318 g/mol. The van der Waals surface area contributed by atoms with Crippen molar-refractivity contribution in [1.82, 2.24) is 8.87 Å². The average Bonchev–Trinajstić information content (AvgIpc) is 3.10. The summed E-state index contributed by atoms with van der Waals surface area (Å²) in [5.41, 5.74) is 3.18. The Kier molecular flexibility index (Phi) is 3.87. The van der Waals surface area contributed by atoms with Crippen LogP contribution in [0.1, 0.15) is 35.7 Å². The number of aryl methyl sites for hydroxylation is 3. The molecular weight excluding hydrogens is 296 g/mol. The van der Waals surface area contributed by atoms with Gasteiger partial charge in [-0.3, -0.25) is 0 Å². The number of hydrogen-bond donors (Lipinski definition) is 0. The van der Waals surface area contributed by atoms with Gasteiger partial charge in [0.25, 0.3) is 0 Å². The largest absolute Gasteiger partial charge is 0.353 e. The van der Waals surface area contributed by atoms with Gasteiger partial charge in [-0.05, 0) is 62.1 Å². The normalized spacial score (nSPS) is 19.7. The van der Waals surface area contributed by atoms with Crippen molar-refractivity contribution in [3.63, 3.8) is 0 Å². The third-order valence-corrected chi connectivity index (χ3v) is 6.52. The molecule has 5 heteroatoms. The van der Waals surface area contributed by atoms with Gasteiger partial charge in [-0.1, -0.05) is 6.07 Å². The van der Waals surface area contributed by atoms with Crippen LogP contribution in [0.25, 0.3) is 0 Å². The Balaban J connectivity index is 2.00. The molecule has 2 aromatic rings. The van der Waals surface area contributed by atoms with Gasteiger partial charge in [0, 0.05) is 25.5 Å². The Morgan fingerprint density at radius 2 is 1.91 bits per heavy atom. The molecule has 0 spiro atoms. The molecule has 1 fully saturated rings. The Morgan fingerprint density at radius 1 is 1.14 bits per heavy atom. The molecule has 1 aliphatic heterocycles. The van der Waals surface area contributed by atoms with E-state index in [-0.39, 0.29) is 6.04 Å². The zero-order chi connectivity index (χ0) is 15.9. The summed E-state index contributed by atoms with van der Waals surface area (Å²) in [6.45, 7) is 4.53. The van der Waals surface area contributed by atoms with Gasteiger partial charge >= 0.3 is 0 Å². The van der Waals surface area contributed by atoms with E-state index >= 15 is 0 Å². The van der Waals surface area contributed by atoms with Crippen LogP contribution >= 0.6 is 0 Å². The highest BCUT2D eigenvalue weighted by Gasteiger charge is 2.37. The fraction of sp³-hybridized carbons (Fsp3) is 0.412. The Bertz CT molecular complexity index is 793. The highest BCUT2D eigenvalue weighted by atomic mass is 32.2. The van der Waals surface area contributed by atoms with Crippen LogP contribution in [0.15, 0.2) is 41.4 Å². The van der Waals surface area contributed by atoms with Gasteiger partial charge in [-0.25, -0.2) is 8.42 Å². The summed E-state index contributed by atoms with van der Waals surface area (Å²) in [6.07, 6.45) is 3.75. The summed E-state index contributed by atoms with van der Waals surface area (Å²) in [4.78, 5) is 0.400. The van der Waals surface area contributed by atoms with Gasteiger partial charge in [0.2, 0.25) is 10.0 Å². The smallest absolute Gasteiger partial charge is 0.243 e. The van der Waals surface area contributed by atoms with Gasteiger partial charge in [-0.2, -0.15) is 4.31 Å². The SMILES string of the molecule is Cc1ccc(S(=O)(=O)N2CCC[C@H]2c2cccn2C)cc1C. The summed E-state index contributed by atoms with van der Waals surface area (Å²) in [5, 5.41) is 0. The molecule has 0 bridgehead atoms. The molecule has 4 nitrogen and oxygen atoms in total. The van der Waals surface area contributed by atoms with Crippen molar-refractivity contribution in [3.8, 4) is 0 Å². The molecule has 0 aliphatic carbocycles. The molecule has 1 aromatic heterocycles. The van der Waals surface area contributed by atoms with Gasteiger partial charge < -0.3 is 4.57 Å². The first kappa shape index (κ1) is 15.3. The molecule has 1 saturated heterocycles. The number of sulfonamides is 1. The predicted octanol–water partition coefficient (Wildman–Crippen LogP) is 3.17. The highest BCUT2D eigenvalue weighted by molar-refractivity contribution is 7.89. The van der Waals surface area contributed by atoms with Crippen LogP contribution in [0.2, 0.25) is 0 Å². The first-order valence-electron chi connectivity index (χ1n) is 7.61. The fourth-order valence-corrected chi connectivity index (χ4v) is 4.91. The quantitative estimate of drug-likeness (QED) is 0.872. The minimum atomic E-state index is -3.45. The molecule has 0 N–H and O–H groups in total. The highest BCUT2D eigenvalue weighted by Crippen LogP contribution is 2.36. The van der Waals surface area contributed by atoms with Gasteiger partial charge in [0.05, 0.1) is 10.9 Å². The van der Waals surface area contributed by atoms with Crippen LogP contribution in [-0.2, 0) is 17.1 Å². The van der Waals surface area contributed by atoms with Crippen molar-refractivity contribution in [3.05, 3.63) is 53.3 Å². The van der Waals surface area contributed by atoms with Gasteiger partial charge in [0.15, 0.2) is 0 Å². The van der Waals surface area contributed by atoms with Crippen LogP contribution in [0.5, 0.6) is 0 Å². The molecule has 0 radical (unpaired) electrons. The van der Waals surface area contributed by atoms with E-state index in [0.717, 1.165) is 29.7 Å². The molecule has 3 rings (SSSR count). The third kappa shape index (κ3) is 2.48. The lowest BCUT2D eigenvalue weighted by Crippen LogP contribution is -2.31. The first-order chi connectivity index (χ1) is 10.4. The maximum atomic E-state index is 13.0. The molecular formula is C17H22N2O2S. The lowest BCUT2D eigenvalue weighted by Gasteiger charge is -2.25. The second kappa shape index (κ2) is 5.56. The zero-order valence-electron chi connectivity index (χ0n) is 13.3. The van der Waals surface area contributed by atoms with E-state index in [4.69, 9.17) is 0 Å². The number of aromatic nitrogens is 1. The van der Waals surface area contributed by atoms with Crippen molar-refractivity contribution >= 4 is 10.0 Å². The molecule has 1 aromatic carbocycles. The molecule has 2 heterocycles. The molecule has 0 unspecified atom stereocenters. The van der Waals surface area contributed by atoms with Crippen molar-refractivity contribution in [2.45, 2.75) is 37.6 Å². The molecule has 1 aliphatic rings. The zero-order valence-corrected chi connectivity index (χ0v) is 14.1. The first-order valence-corrected chi connectivity index (χ1v) is 9.05. The standard InChI is InChI=1S/C17H22N2O2S/c1-13-8-9-15(12-14(13)2)22(20,21)19-11-5-7-17(19)16-6-4-10-18(16)3/h4,6,8-10,12,17H,5,7,11H2,1-3H3/t17-/m0/s1. The molecule has 1 atom stereocenters. The van der Waals surface area contributed by atoms with E-state index in [0.29, 0.717) is 11.4 Å². The summed E-state index contributed by atoms with van der Waals surface area (Å²) in [6, 6.07) is 9.30. The minimum Gasteiger partial charge on any atom is -0.353 e. The van der Waals surface area contributed by atoms with Crippen LogP contribution in [0.3, 0.4) is 0 Å². The minimum absolute atomic E-state index is 0.0633. The molecule has 118 valence electrons. The summed E-state index contributed by atoms with van der Waals surface area (Å²) < 4.78 is 29.7. The van der Waals surface area contributed by atoms with E-state index in [1.54, 1.807) is 16.4 Å². The van der Waals surface area contributed by atoms with Crippen LogP contribution in [-0.4, -0.2) is 23.8 Å². The van der Waals surface area contributed by atoms with Crippen LogP contribution in [0.4, 0.5) is 0 Å². The fourth-order valence-electron chi connectivity index (χ4n) is 3.15. The number of hydrogen-bond acceptors (Lipinski definition) is 2.